The molecule has 2 fully saturated rings. The number of amides is 1. The lowest BCUT2D eigenvalue weighted by Crippen LogP contribution is -2.35. The molecular weight excluding hydrogens is 296 g/mol. The fourth-order valence-electron chi connectivity index (χ4n) is 4.70. The van der Waals surface area contributed by atoms with Crippen molar-refractivity contribution < 1.29 is 4.79 Å². The summed E-state index contributed by atoms with van der Waals surface area (Å²) >= 11 is 0. The first-order valence-electron chi connectivity index (χ1n) is 9.72. The van der Waals surface area contributed by atoms with E-state index in [0.717, 1.165) is 25.4 Å². The highest BCUT2D eigenvalue weighted by Gasteiger charge is 2.36. The van der Waals surface area contributed by atoms with Crippen molar-refractivity contribution in [2.24, 2.45) is 23.5 Å². The number of carbonyl (C=O) groups excluding carboxylic acids is 1. The molecule has 1 amide bonds. The smallest absolute Gasteiger partial charge is 0.225 e. The molecule has 0 aromatic heterocycles. The third kappa shape index (κ3) is 4.00. The number of hydrogen-bond donors (Lipinski definition) is 1. The first-order valence-corrected chi connectivity index (χ1v) is 9.72. The van der Waals surface area contributed by atoms with Gasteiger partial charge in [0.15, 0.2) is 0 Å². The van der Waals surface area contributed by atoms with Crippen LogP contribution in [0.5, 0.6) is 0 Å². The standard InChI is InChI=1S/C21H32N2O/c1-16(12-17-8-4-2-5-9-17)21(24)23-14-19(13-22)20(15-23)18-10-6-3-7-11-18/h3,6-7,10-11,16-17,19-20H,2,4-5,8-9,12-15,22H2,1H3/t16?,19-,20+/m1/s1. The van der Waals surface area contributed by atoms with Crippen molar-refractivity contribution in [1.29, 1.82) is 0 Å². The van der Waals surface area contributed by atoms with E-state index in [1.165, 1.54) is 37.7 Å². The maximum absolute atomic E-state index is 12.9. The molecule has 3 heteroatoms. The van der Waals surface area contributed by atoms with Crippen LogP contribution in [0.25, 0.3) is 0 Å². The topological polar surface area (TPSA) is 46.3 Å². The predicted molar refractivity (Wildman–Crippen MR) is 98.7 cm³/mol. The number of likely N-dealkylation sites (tertiary alicyclic amines) is 1. The molecule has 24 heavy (non-hydrogen) atoms. The molecule has 1 aromatic carbocycles. The van der Waals surface area contributed by atoms with E-state index >= 15 is 0 Å². The Morgan fingerprint density at radius 2 is 1.88 bits per heavy atom. The average molecular weight is 329 g/mol. The SMILES string of the molecule is CC(CC1CCCCC1)C(=O)N1C[C@@H](CN)[C@H](c2ccccc2)C1. The van der Waals surface area contributed by atoms with Crippen molar-refractivity contribution in [3.05, 3.63) is 35.9 Å². The van der Waals surface area contributed by atoms with Gasteiger partial charge in [-0.25, -0.2) is 0 Å². The van der Waals surface area contributed by atoms with Crippen LogP contribution in [0.1, 0.15) is 56.9 Å². The highest BCUT2D eigenvalue weighted by molar-refractivity contribution is 5.79. The minimum absolute atomic E-state index is 0.154. The third-order valence-corrected chi connectivity index (χ3v) is 6.12. The molecule has 1 aliphatic heterocycles. The molecule has 132 valence electrons. The Bertz CT molecular complexity index is 524. The first-order chi connectivity index (χ1) is 11.7. The Morgan fingerprint density at radius 1 is 1.17 bits per heavy atom. The number of nitrogens with zero attached hydrogens (tertiary/aromatic N) is 1. The molecule has 3 rings (SSSR count). The largest absolute Gasteiger partial charge is 0.341 e. The minimum atomic E-state index is 0.154. The fourth-order valence-corrected chi connectivity index (χ4v) is 4.70. The molecule has 1 saturated carbocycles. The van der Waals surface area contributed by atoms with E-state index in [9.17, 15) is 4.79 Å². The van der Waals surface area contributed by atoms with Crippen LogP contribution >= 0.6 is 0 Å². The second-order valence-corrected chi connectivity index (χ2v) is 7.90. The van der Waals surface area contributed by atoms with Crippen molar-refractivity contribution >= 4 is 5.91 Å². The van der Waals surface area contributed by atoms with Crippen LogP contribution in [-0.4, -0.2) is 30.4 Å². The molecule has 3 nitrogen and oxygen atoms in total. The zero-order chi connectivity index (χ0) is 16.9. The van der Waals surface area contributed by atoms with Gasteiger partial charge in [-0.3, -0.25) is 4.79 Å². The van der Waals surface area contributed by atoms with Crippen LogP contribution in [-0.2, 0) is 4.79 Å². The van der Waals surface area contributed by atoms with Gasteiger partial charge in [0.2, 0.25) is 5.91 Å². The van der Waals surface area contributed by atoms with E-state index in [1.807, 2.05) is 6.07 Å². The van der Waals surface area contributed by atoms with Crippen molar-refractivity contribution in [3.8, 4) is 0 Å². The molecule has 0 radical (unpaired) electrons. The summed E-state index contributed by atoms with van der Waals surface area (Å²) in [6, 6.07) is 10.6. The van der Waals surface area contributed by atoms with Gasteiger partial charge in [-0.2, -0.15) is 0 Å². The van der Waals surface area contributed by atoms with Gasteiger partial charge in [0.25, 0.3) is 0 Å². The molecule has 0 bridgehead atoms. The molecule has 3 atom stereocenters. The van der Waals surface area contributed by atoms with Gasteiger partial charge >= 0.3 is 0 Å². The molecular formula is C21H32N2O. The van der Waals surface area contributed by atoms with Crippen molar-refractivity contribution in [1.82, 2.24) is 4.90 Å². The number of nitrogens with two attached hydrogens (primary N) is 1. The molecule has 2 aliphatic rings. The summed E-state index contributed by atoms with van der Waals surface area (Å²) in [7, 11) is 0. The highest BCUT2D eigenvalue weighted by Crippen LogP contribution is 2.34. The van der Waals surface area contributed by atoms with Crippen LogP contribution in [0.15, 0.2) is 30.3 Å². The lowest BCUT2D eigenvalue weighted by Gasteiger charge is -2.27. The lowest BCUT2D eigenvalue weighted by atomic mass is 9.83. The molecule has 1 unspecified atom stereocenters. The molecule has 1 aliphatic carbocycles. The summed E-state index contributed by atoms with van der Waals surface area (Å²) in [6.45, 7) is 4.44. The number of rotatable bonds is 5. The quantitative estimate of drug-likeness (QED) is 0.894. The third-order valence-electron chi connectivity index (χ3n) is 6.12. The summed E-state index contributed by atoms with van der Waals surface area (Å²) in [5.41, 5.74) is 7.33. The van der Waals surface area contributed by atoms with Crippen LogP contribution in [0.3, 0.4) is 0 Å². The number of benzene rings is 1. The molecule has 1 saturated heterocycles. The molecule has 2 N–H and O–H groups in total. The van der Waals surface area contributed by atoms with Gasteiger partial charge in [0.1, 0.15) is 0 Å². The van der Waals surface area contributed by atoms with Gasteiger partial charge < -0.3 is 10.6 Å². The Labute approximate surface area is 146 Å². The maximum atomic E-state index is 12.9. The van der Waals surface area contributed by atoms with Crippen molar-refractivity contribution in [2.75, 3.05) is 19.6 Å². The molecule has 0 spiro atoms. The van der Waals surface area contributed by atoms with E-state index < -0.39 is 0 Å². The zero-order valence-electron chi connectivity index (χ0n) is 15.0. The Kier molecular flexibility index (Phi) is 5.94. The second-order valence-electron chi connectivity index (χ2n) is 7.90. The Morgan fingerprint density at radius 3 is 2.54 bits per heavy atom. The van der Waals surface area contributed by atoms with Crippen molar-refractivity contribution in [2.45, 2.75) is 51.4 Å². The normalized spacial score (nSPS) is 26.5. The molecule has 1 aromatic rings. The fraction of sp³-hybridized carbons (Fsp3) is 0.667. The van der Waals surface area contributed by atoms with Crippen LogP contribution in [0, 0.1) is 17.8 Å². The summed E-state index contributed by atoms with van der Waals surface area (Å²) in [6.07, 6.45) is 7.77. The van der Waals surface area contributed by atoms with Gasteiger partial charge in [-0.1, -0.05) is 69.4 Å². The number of carbonyl (C=O) groups is 1. The average Bonchev–Trinajstić information content (AvgIpc) is 3.07. The van der Waals surface area contributed by atoms with Crippen LogP contribution in [0.4, 0.5) is 0 Å². The maximum Gasteiger partial charge on any atom is 0.225 e. The minimum Gasteiger partial charge on any atom is -0.341 e. The van der Waals surface area contributed by atoms with Crippen molar-refractivity contribution in [3.63, 3.8) is 0 Å². The monoisotopic (exact) mass is 328 g/mol. The van der Waals surface area contributed by atoms with Crippen LogP contribution in [0.2, 0.25) is 0 Å². The summed E-state index contributed by atoms with van der Waals surface area (Å²) in [5, 5.41) is 0. The Hall–Kier alpha value is -1.35. The predicted octanol–water partition coefficient (Wildman–Crippen LogP) is 3.79. The summed E-state index contributed by atoms with van der Waals surface area (Å²) in [4.78, 5) is 15.0. The summed E-state index contributed by atoms with van der Waals surface area (Å²) in [5.74, 6) is 2.04. The Balaban J connectivity index is 1.61. The zero-order valence-corrected chi connectivity index (χ0v) is 15.0. The van der Waals surface area contributed by atoms with E-state index in [-0.39, 0.29) is 5.92 Å². The van der Waals surface area contributed by atoms with Gasteiger partial charge in [-0.15, -0.1) is 0 Å². The molecule has 1 heterocycles. The van der Waals surface area contributed by atoms with E-state index in [1.54, 1.807) is 0 Å². The van der Waals surface area contributed by atoms with E-state index in [2.05, 4.69) is 36.1 Å². The van der Waals surface area contributed by atoms with Crippen LogP contribution < -0.4 is 5.73 Å². The summed E-state index contributed by atoms with van der Waals surface area (Å²) < 4.78 is 0. The lowest BCUT2D eigenvalue weighted by molar-refractivity contribution is -0.134. The van der Waals surface area contributed by atoms with E-state index in [0.29, 0.717) is 24.3 Å². The first kappa shape index (κ1) is 17.5. The second kappa shape index (κ2) is 8.15. The van der Waals surface area contributed by atoms with Gasteiger partial charge in [0.05, 0.1) is 0 Å². The van der Waals surface area contributed by atoms with E-state index in [4.69, 9.17) is 5.73 Å². The number of hydrogen-bond acceptors (Lipinski definition) is 2. The van der Waals surface area contributed by atoms with Gasteiger partial charge in [0, 0.05) is 24.9 Å². The highest BCUT2D eigenvalue weighted by atomic mass is 16.2. The van der Waals surface area contributed by atoms with Gasteiger partial charge in [-0.05, 0) is 30.4 Å².